The summed E-state index contributed by atoms with van der Waals surface area (Å²) in [6.07, 6.45) is 1.15. The molecular weight excluding hydrogens is 302 g/mol. The van der Waals surface area contributed by atoms with Crippen molar-refractivity contribution in [2.24, 2.45) is 0 Å². The first-order chi connectivity index (χ1) is 10.7. The molecule has 0 saturated carbocycles. The van der Waals surface area contributed by atoms with Crippen LogP contribution in [-0.4, -0.2) is 24.3 Å². The predicted molar refractivity (Wildman–Crippen MR) is 86.1 cm³/mol. The molecule has 130 valence electrons. The molecule has 0 aromatic heterocycles. The van der Waals surface area contributed by atoms with Gasteiger partial charge in [0.25, 0.3) is 0 Å². The zero-order valence-corrected chi connectivity index (χ0v) is 14.2. The molecule has 1 aromatic carbocycles. The van der Waals surface area contributed by atoms with Gasteiger partial charge in [-0.2, -0.15) is 0 Å². The van der Waals surface area contributed by atoms with Crippen molar-refractivity contribution in [2.45, 2.75) is 58.7 Å². The number of carbonyl (C=O) groups is 1. The van der Waals surface area contributed by atoms with Crippen molar-refractivity contribution in [3.8, 4) is 0 Å². The second-order valence-corrected chi connectivity index (χ2v) is 6.45. The van der Waals surface area contributed by atoms with Gasteiger partial charge in [0.05, 0.1) is 0 Å². The lowest BCUT2D eigenvalue weighted by molar-refractivity contribution is 0.0521. The molecule has 0 aliphatic carbocycles. The molecular formula is C17H26F2N2O2. The highest BCUT2D eigenvalue weighted by atomic mass is 19.1. The van der Waals surface area contributed by atoms with Gasteiger partial charge in [-0.3, -0.25) is 0 Å². The van der Waals surface area contributed by atoms with Gasteiger partial charge < -0.3 is 15.4 Å². The maximum absolute atomic E-state index is 13.6. The van der Waals surface area contributed by atoms with Crippen LogP contribution in [0.3, 0.4) is 0 Å². The van der Waals surface area contributed by atoms with Gasteiger partial charge in [-0.05, 0) is 39.3 Å². The second kappa shape index (κ2) is 8.82. The third kappa shape index (κ3) is 7.41. The zero-order valence-electron chi connectivity index (χ0n) is 14.2. The molecule has 0 bridgehead atoms. The van der Waals surface area contributed by atoms with Crippen molar-refractivity contribution in [3.63, 3.8) is 0 Å². The first kappa shape index (κ1) is 19.4. The topological polar surface area (TPSA) is 50.4 Å². The number of nitrogens with one attached hydrogen (secondary N) is 2. The van der Waals surface area contributed by atoms with Crippen LogP contribution in [-0.2, 0) is 11.3 Å². The van der Waals surface area contributed by atoms with Crippen LogP contribution in [0, 0.1) is 11.6 Å². The van der Waals surface area contributed by atoms with E-state index in [1.165, 1.54) is 18.2 Å². The number of hydrogen-bond acceptors (Lipinski definition) is 3. The summed E-state index contributed by atoms with van der Waals surface area (Å²) in [6, 6.07) is 3.70. The molecule has 2 N–H and O–H groups in total. The number of alkyl carbamates (subject to hydrolysis) is 1. The Balaban J connectivity index is 2.54. The SMILES string of the molecule is CCCC(CNC(=O)OC(C)(C)C)NCc1c(F)cccc1F. The minimum Gasteiger partial charge on any atom is -0.444 e. The predicted octanol–water partition coefficient (Wildman–Crippen LogP) is 3.75. The number of hydrogen-bond donors (Lipinski definition) is 2. The van der Waals surface area contributed by atoms with E-state index in [0.29, 0.717) is 6.54 Å². The van der Waals surface area contributed by atoms with Crippen molar-refractivity contribution >= 4 is 6.09 Å². The molecule has 0 fully saturated rings. The van der Waals surface area contributed by atoms with Gasteiger partial charge >= 0.3 is 6.09 Å². The Kier molecular flexibility index (Phi) is 7.42. The molecule has 0 saturated heterocycles. The molecule has 1 unspecified atom stereocenters. The quantitative estimate of drug-likeness (QED) is 0.801. The third-order valence-corrected chi connectivity index (χ3v) is 3.16. The van der Waals surface area contributed by atoms with Crippen LogP contribution in [0.4, 0.5) is 13.6 Å². The first-order valence-corrected chi connectivity index (χ1v) is 7.86. The Morgan fingerprint density at radius 2 is 1.87 bits per heavy atom. The van der Waals surface area contributed by atoms with Crippen LogP contribution < -0.4 is 10.6 Å². The Hall–Kier alpha value is -1.69. The van der Waals surface area contributed by atoms with Crippen LogP contribution in [0.5, 0.6) is 0 Å². The summed E-state index contributed by atoms with van der Waals surface area (Å²) in [6.45, 7) is 7.77. The third-order valence-electron chi connectivity index (χ3n) is 3.16. The fraction of sp³-hybridized carbons (Fsp3) is 0.588. The van der Waals surface area contributed by atoms with Crippen molar-refractivity contribution in [1.82, 2.24) is 10.6 Å². The minimum absolute atomic E-state index is 0.00544. The van der Waals surface area contributed by atoms with Crippen LogP contribution in [0.1, 0.15) is 46.1 Å². The summed E-state index contributed by atoms with van der Waals surface area (Å²) >= 11 is 0. The van der Waals surface area contributed by atoms with Crippen molar-refractivity contribution in [1.29, 1.82) is 0 Å². The highest BCUT2D eigenvalue weighted by Crippen LogP contribution is 2.12. The number of ether oxygens (including phenoxy) is 1. The number of rotatable bonds is 7. The average Bonchev–Trinajstić information content (AvgIpc) is 2.42. The Labute approximate surface area is 136 Å². The van der Waals surface area contributed by atoms with Crippen LogP contribution in [0.2, 0.25) is 0 Å². The second-order valence-electron chi connectivity index (χ2n) is 6.45. The summed E-state index contributed by atoms with van der Waals surface area (Å²) in [7, 11) is 0. The lowest BCUT2D eigenvalue weighted by Crippen LogP contribution is -2.42. The van der Waals surface area contributed by atoms with Crippen molar-refractivity contribution < 1.29 is 18.3 Å². The van der Waals surface area contributed by atoms with Gasteiger partial charge in [0.15, 0.2) is 0 Å². The van der Waals surface area contributed by atoms with E-state index in [4.69, 9.17) is 4.74 Å². The minimum atomic E-state index is -0.576. The van der Waals surface area contributed by atoms with Gasteiger partial charge in [0.1, 0.15) is 17.2 Å². The molecule has 0 aliphatic heterocycles. The van der Waals surface area contributed by atoms with E-state index in [1.54, 1.807) is 20.8 Å². The molecule has 1 aromatic rings. The normalized spacial score (nSPS) is 12.8. The highest BCUT2D eigenvalue weighted by molar-refractivity contribution is 5.67. The van der Waals surface area contributed by atoms with E-state index in [-0.39, 0.29) is 18.2 Å². The van der Waals surface area contributed by atoms with Gasteiger partial charge in [0, 0.05) is 24.7 Å². The summed E-state index contributed by atoms with van der Waals surface area (Å²) in [5.41, 5.74) is -0.556. The van der Waals surface area contributed by atoms with Gasteiger partial charge in [0.2, 0.25) is 0 Å². The van der Waals surface area contributed by atoms with Gasteiger partial charge in [-0.25, -0.2) is 13.6 Å². The number of benzene rings is 1. The standard InChI is InChI=1S/C17H26F2N2O2/c1-5-7-12(10-21-16(22)23-17(2,3)4)20-11-13-14(18)8-6-9-15(13)19/h6,8-9,12,20H,5,7,10-11H2,1-4H3,(H,21,22). The largest absolute Gasteiger partial charge is 0.444 e. The number of carbonyl (C=O) groups excluding carboxylic acids is 1. The number of halogens is 2. The Morgan fingerprint density at radius 1 is 1.26 bits per heavy atom. The lowest BCUT2D eigenvalue weighted by Gasteiger charge is -2.22. The monoisotopic (exact) mass is 328 g/mol. The maximum Gasteiger partial charge on any atom is 0.407 e. The van der Waals surface area contributed by atoms with E-state index < -0.39 is 23.3 Å². The Morgan fingerprint density at radius 3 is 2.39 bits per heavy atom. The van der Waals surface area contributed by atoms with Crippen molar-refractivity contribution in [2.75, 3.05) is 6.54 Å². The molecule has 1 rings (SSSR count). The smallest absolute Gasteiger partial charge is 0.407 e. The fourth-order valence-corrected chi connectivity index (χ4v) is 2.09. The average molecular weight is 328 g/mol. The van der Waals surface area contributed by atoms with Crippen LogP contribution >= 0.6 is 0 Å². The maximum atomic E-state index is 13.6. The van der Waals surface area contributed by atoms with Crippen molar-refractivity contribution in [3.05, 3.63) is 35.4 Å². The Bertz CT molecular complexity index is 496. The number of amides is 1. The molecule has 23 heavy (non-hydrogen) atoms. The fourth-order valence-electron chi connectivity index (χ4n) is 2.09. The van der Waals surface area contributed by atoms with E-state index in [0.717, 1.165) is 12.8 Å². The van der Waals surface area contributed by atoms with E-state index >= 15 is 0 Å². The molecule has 0 radical (unpaired) electrons. The van der Waals surface area contributed by atoms with Gasteiger partial charge in [-0.15, -0.1) is 0 Å². The van der Waals surface area contributed by atoms with E-state index in [9.17, 15) is 13.6 Å². The van der Waals surface area contributed by atoms with E-state index in [1.807, 2.05) is 6.92 Å². The van der Waals surface area contributed by atoms with Crippen LogP contribution in [0.15, 0.2) is 18.2 Å². The molecule has 0 aliphatic rings. The van der Waals surface area contributed by atoms with E-state index in [2.05, 4.69) is 10.6 Å². The highest BCUT2D eigenvalue weighted by Gasteiger charge is 2.17. The molecule has 0 heterocycles. The molecule has 6 heteroatoms. The van der Waals surface area contributed by atoms with Gasteiger partial charge in [-0.1, -0.05) is 19.4 Å². The summed E-state index contributed by atoms with van der Waals surface area (Å²) in [5.74, 6) is -1.15. The summed E-state index contributed by atoms with van der Waals surface area (Å²) in [5, 5.41) is 5.76. The zero-order chi connectivity index (χ0) is 17.5. The van der Waals surface area contributed by atoms with Crippen LogP contribution in [0.25, 0.3) is 0 Å². The first-order valence-electron chi connectivity index (χ1n) is 7.86. The molecule has 1 atom stereocenters. The molecule has 1 amide bonds. The summed E-state index contributed by atoms with van der Waals surface area (Å²) < 4.78 is 32.4. The summed E-state index contributed by atoms with van der Waals surface area (Å²) in [4.78, 5) is 11.7. The lowest BCUT2D eigenvalue weighted by atomic mass is 10.1. The molecule has 0 spiro atoms. The molecule has 4 nitrogen and oxygen atoms in total.